The number of hydrogen-bond donors (Lipinski definition) is 0. The summed E-state index contributed by atoms with van der Waals surface area (Å²) in [6.45, 7) is 5.85. The first-order valence-corrected chi connectivity index (χ1v) is 8.93. The highest BCUT2D eigenvalue weighted by Crippen LogP contribution is 2.29. The molecule has 3 heterocycles. The molecule has 3 aromatic rings. The Morgan fingerprint density at radius 2 is 1.93 bits per heavy atom. The molecule has 0 atom stereocenters. The van der Waals surface area contributed by atoms with Crippen LogP contribution in [0, 0.1) is 18.3 Å². The third-order valence-corrected chi connectivity index (χ3v) is 5.18. The van der Waals surface area contributed by atoms with E-state index in [1.54, 1.807) is 12.3 Å². The Balaban J connectivity index is 1.80. The van der Waals surface area contributed by atoms with Crippen LogP contribution in [0.2, 0.25) is 0 Å². The smallest absolute Gasteiger partial charge is 0.344 e. The number of aromatic nitrogens is 1. The fraction of sp³-hybridized carbons (Fsp3) is 0.286. The van der Waals surface area contributed by atoms with Crippen molar-refractivity contribution in [1.29, 1.82) is 5.26 Å². The van der Waals surface area contributed by atoms with Crippen LogP contribution in [0.25, 0.3) is 22.1 Å². The zero-order valence-corrected chi connectivity index (χ0v) is 15.4. The van der Waals surface area contributed by atoms with Crippen LogP contribution < -0.4 is 10.5 Å². The average molecular weight is 360 g/mol. The number of fused-ring (bicyclic) bond motifs is 1. The van der Waals surface area contributed by atoms with E-state index in [0.29, 0.717) is 22.3 Å². The van der Waals surface area contributed by atoms with Gasteiger partial charge in [0.15, 0.2) is 0 Å². The molecule has 6 heteroatoms. The van der Waals surface area contributed by atoms with E-state index in [-0.39, 0.29) is 0 Å². The molecule has 1 fully saturated rings. The summed E-state index contributed by atoms with van der Waals surface area (Å²) in [5, 5.41) is 9.98. The van der Waals surface area contributed by atoms with Gasteiger partial charge in [0, 0.05) is 61.3 Å². The van der Waals surface area contributed by atoms with E-state index >= 15 is 0 Å². The maximum atomic E-state index is 12.7. The molecule has 0 amide bonds. The Kier molecular flexibility index (Phi) is 4.38. The molecule has 2 aromatic heterocycles. The highest BCUT2D eigenvalue weighted by atomic mass is 16.4. The first kappa shape index (κ1) is 17.3. The molecule has 4 rings (SSSR count). The number of anilines is 1. The number of likely N-dealkylation sites (N-methyl/N-ethyl adjacent to an activating group) is 1. The predicted molar refractivity (Wildman–Crippen MR) is 105 cm³/mol. The zero-order chi connectivity index (χ0) is 19.0. The Hall–Kier alpha value is -3.17. The van der Waals surface area contributed by atoms with Crippen molar-refractivity contribution in [3.8, 4) is 17.2 Å². The molecule has 1 saturated heterocycles. The predicted octanol–water partition coefficient (Wildman–Crippen LogP) is 2.79. The first-order chi connectivity index (χ1) is 13.1. The molecule has 1 aliphatic rings. The van der Waals surface area contributed by atoms with Gasteiger partial charge in [-0.05, 0) is 37.7 Å². The quantitative estimate of drug-likeness (QED) is 0.654. The van der Waals surface area contributed by atoms with Crippen LogP contribution >= 0.6 is 0 Å². The number of rotatable bonds is 2. The zero-order valence-electron chi connectivity index (χ0n) is 15.4. The van der Waals surface area contributed by atoms with Crippen LogP contribution in [-0.4, -0.2) is 43.1 Å². The number of aryl methyl sites for hydroxylation is 1. The van der Waals surface area contributed by atoms with Crippen LogP contribution in [-0.2, 0) is 0 Å². The molecule has 0 aliphatic carbocycles. The van der Waals surface area contributed by atoms with Gasteiger partial charge in [-0.3, -0.25) is 4.98 Å². The fourth-order valence-electron chi connectivity index (χ4n) is 3.58. The summed E-state index contributed by atoms with van der Waals surface area (Å²) in [5.74, 6) is 0. The summed E-state index contributed by atoms with van der Waals surface area (Å²) in [4.78, 5) is 21.4. The summed E-state index contributed by atoms with van der Waals surface area (Å²) < 4.78 is 5.65. The van der Waals surface area contributed by atoms with E-state index in [4.69, 9.17) is 9.68 Å². The summed E-state index contributed by atoms with van der Waals surface area (Å²) >= 11 is 0. The van der Waals surface area contributed by atoms with Crippen LogP contribution in [0.15, 0.2) is 45.9 Å². The number of hydrogen-bond acceptors (Lipinski definition) is 6. The lowest BCUT2D eigenvalue weighted by atomic mass is 9.99. The minimum absolute atomic E-state index is 0.410. The van der Waals surface area contributed by atoms with Gasteiger partial charge in [0.25, 0.3) is 0 Å². The molecular formula is C21H20N4O2. The van der Waals surface area contributed by atoms with Crippen molar-refractivity contribution in [1.82, 2.24) is 9.88 Å². The second-order valence-corrected chi connectivity index (χ2v) is 6.93. The van der Waals surface area contributed by atoms with Crippen LogP contribution in [0.1, 0.15) is 11.1 Å². The van der Waals surface area contributed by atoms with Gasteiger partial charge in [-0.1, -0.05) is 0 Å². The van der Waals surface area contributed by atoms with Crippen molar-refractivity contribution in [3.63, 3.8) is 0 Å². The lowest BCUT2D eigenvalue weighted by molar-refractivity contribution is 0.313. The molecule has 0 N–H and O–H groups in total. The molecule has 1 aliphatic heterocycles. The molecule has 6 nitrogen and oxygen atoms in total. The number of piperazine rings is 1. The number of nitrogens with zero attached hydrogens (tertiary/aromatic N) is 4. The minimum Gasteiger partial charge on any atom is -0.422 e. The number of nitriles is 1. The molecule has 136 valence electrons. The van der Waals surface area contributed by atoms with E-state index in [9.17, 15) is 4.79 Å². The van der Waals surface area contributed by atoms with E-state index in [2.05, 4.69) is 34.0 Å². The molecule has 0 bridgehead atoms. The van der Waals surface area contributed by atoms with E-state index in [1.165, 1.54) is 6.20 Å². The number of benzene rings is 1. The summed E-state index contributed by atoms with van der Waals surface area (Å²) in [7, 11) is 2.12. The monoisotopic (exact) mass is 360 g/mol. The fourth-order valence-corrected chi connectivity index (χ4v) is 3.58. The Bertz CT molecular complexity index is 1110. The summed E-state index contributed by atoms with van der Waals surface area (Å²) in [5.41, 5.74) is 3.55. The Morgan fingerprint density at radius 1 is 1.15 bits per heavy atom. The Labute approximate surface area is 157 Å². The molecular weight excluding hydrogens is 340 g/mol. The third-order valence-electron chi connectivity index (χ3n) is 5.18. The van der Waals surface area contributed by atoms with Gasteiger partial charge in [0.05, 0.1) is 11.1 Å². The average Bonchev–Trinajstić information content (AvgIpc) is 2.68. The lowest BCUT2D eigenvalue weighted by Crippen LogP contribution is -2.44. The van der Waals surface area contributed by atoms with Crippen LogP contribution in [0.3, 0.4) is 0 Å². The van der Waals surface area contributed by atoms with Gasteiger partial charge in [0.1, 0.15) is 11.7 Å². The normalized spacial score (nSPS) is 15.1. The van der Waals surface area contributed by atoms with Gasteiger partial charge in [-0.15, -0.1) is 0 Å². The maximum Gasteiger partial charge on any atom is 0.344 e. The van der Waals surface area contributed by atoms with Crippen molar-refractivity contribution >= 4 is 16.7 Å². The lowest BCUT2D eigenvalue weighted by Gasteiger charge is -2.34. The molecule has 0 radical (unpaired) electrons. The molecule has 0 saturated carbocycles. The maximum absolute atomic E-state index is 12.7. The van der Waals surface area contributed by atoms with Gasteiger partial charge >= 0.3 is 5.63 Å². The summed E-state index contributed by atoms with van der Waals surface area (Å²) in [6, 6.07) is 9.75. The molecule has 1 aromatic carbocycles. The highest BCUT2D eigenvalue weighted by Gasteiger charge is 2.18. The molecule has 0 unspecified atom stereocenters. The van der Waals surface area contributed by atoms with Crippen molar-refractivity contribution < 1.29 is 4.42 Å². The van der Waals surface area contributed by atoms with E-state index in [0.717, 1.165) is 42.8 Å². The van der Waals surface area contributed by atoms with Crippen molar-refractivity contribution in [2.24, 2.45) is 0 Å². The third kappa shape index (κ3) is 3.18. The standard InChI is InChI=1S/C21H20N4O2/c1-14-18-4-3-17(25-7-5-24(2)6-8-25)10-19(18)27-21(26)20(14)16-9-15(11-22)12-23-13-16/h3-4,9-10,12-13H,5-8H2,1-2H3. The number of pyridine rings is 1. The second kappa shape index (κ2) is 6.86. The van der Waals surface area contributed by atoms with Crippen LogP contribution in [0.5, 0.6) is 0 Å². The van der Waals surface area contributed by atoms with Crippen molar-refractivity contribution in [2.45, 2.75) is 6.92 Å². The minimum atomic E-state index is -0.410. The van der Waals surface area contributed by atoms with Gasteiger partial charge in [-0.25, -0.2) is 4.79 Å². The van der Waals surface area contributed by atoms with Gasteiger partial charge in [0.2, 0.25) is 0 Å². The molecule has 0 spiro atoms. The van der Waals surface area contributed by atoms with Gasteiger partial charge < -0.3 is 14.2 Å². The summed E-state index contributed by atoms with van der Waals surface area (Å²) in [6.07, 6.45) is 3.06. The largest absolute Gasteiger partial charge is 0.422 e. The molecule has 27 heavy (non-hydrogen) atoms. The Morgan fingerprint density at radius 3 is 2.67 bits per heavy atom. The van der Waals surface area contributed by atoms with Gasteiger partial charge in [-0.2, -0.15) is 5.26 Å². The van der Waals surface area contributed by atoms with Crippen LogP contribution in [0.4, 0.5) is 5.69 Å². The topological polar surface area (TPSA) is 73.4 Å². The van der Waals surface area contributed by atoms with Crippen molar-refractivity contribution in [3.05, 3.63) is 58.2 Å². The van der Waals surface area contributed by atoms with E-state index < -0.39 is 5.63 Å². The highest BCUT2D eigenvalue weighted by molar-refractivity contribution is 5.88. The SMILES string of the molecule is Cc1c(-c2cncc(C#N)c2)c(=O)oc2cc(N3CCN(C)CC3)ccc12. The first-order valence-electron chi connectivity index (χ1n) is 8.93. The van der Waals surface area contributed by atoms with E-state index in [1.807, 2.05) is 19.1 Å². The van der Waals surface area contributed by atoms with Crippen molar-refractivity contribution in [2.75, 3.05) is 38.1 Å². The second-order valence-electron chi connectivity index (χ2n) is 6.93.